The molecule has 14 heavy (non-hydrogen) atoms. The largest absolute Gasteiger partial charge is 0.383 e. The molecule has 0 fully saturated rings. The smallest absolute Gasteiger partial charge is 0.191 e. The summed E-state index contributed by atoms with van der Waals surface area (Å²) in [4.78, 5) is 4.07. The Morgan fingerprint density at radius 3 is 2.57 bits per heavy atom. The molecule has 0 saturated carbocycles. The second kappa shape index (κ2) is 8.77. The van der Waals surface area contributed by atoms with Crippen molar-refractivity contribution in [3.63, 3.8) is 0 Å². The van der Waals surface area contributed by atoms with Gasteiger partial charge >= 0.3 is 0 Å². The standard InChI is InChI=1S/C9H21N3O2/c1-8(7-14-4)12-9(10-2)11-5-6-13-3/h8H,5-7H2,1-4H3,(H2,10,11,12). The zero-order valence-electron chi connectivity index (χ0n) is 9.46. The number of nitrogens with zero attached hydrogens (tertiary/aromatic N) is 1. The quantitative estimate of drug-likeness (QED) is 0.357. The molecule has 0 amide bonds. The summed E-state index contributed by atoms with van der Waals surface area (Å²) in [6, 6.07) is 0.244. The van der Waals surface area contributed by atoms with Gasteiger partial charge in [-0.3, -0.25) is 4.99 Å². The average Bonchev–Trinajstić information content (AvgIpc) is 2.17. The third kappa shape index (κ3) is 6.68. The molecule has 0 radical (unpaired) electrons. The van der Waals surface area contributed by atoms with Gasteiger partial charge in [0.15, 0.2) is 5.96 Å². The van der Waals surface area contributed by atoms with Crippen molar-refractivity contribution >= 4 is 5.96 Å². The topological polar surface area (TPSA) is 54.9 Å². The number of ether oxygens (including phenoxy) is 2. The monoisotopic (exact) mass is 203 g/mol. The number of nitrogens with one attached hydrogen (secondary N) is 2. The van der Waals surface area contributed by atoms with Gasteiger partial charge in [0.25, 0.3) is 0 Å². The lowest BCUT2D eigenvalue weighted by atomic mass is 10.4. The van der Waals surface area contributed by atoms with Crippen LogP contribution in [0.25, 0.3) is 0 Å². The van der Waals surface area contributed by atoms with Gasteiger partial charge < -0.3 is 20.1 Å². The normalized spacial score (nSPS) is 13.9. The van der Waals surface area contributed by atoms with Crippen molar-refractivity contribution in [3.8, 4) is 0 Å². The maximum absolute atomic E-state index is 5.00. The van der Waals surface area contributed by atoms with E-state index in [1.807, 2.05) is 6.92 Å². The van der Waals surface area contributed by atoms with Crippen molar-refractivity contribution < 1.29 is 9.47 Å². The van der Waals surface area contributed by atoms with Crippen LogP contribution < -0.4 is 10.6 Å². The number of hydrogen-bond acceptors (Lipinski definition) is 3. The van der Waals surface area contributed by atoms with E-state index in [2.05, 4.69) is 15.6 Å². The third-order valence-corrected chi connectivity index (χ3v) is 1.62. The van der Waals surface area contributed by atoms with Crippen LogP contribution in [0.2, 0.25) is 0 Å². The highest BCUT2D eigenvalue weighted by Gasteiger charge is 2.03. The molecule has 0 aliphatic carbocycles. The van der Waals surface area contributed by atoms with Gasteiger partial charge in [0.1, 0.15) is 0 Å². The lowest BCUT2D eigenvalue weighted by Crippen LogP contribution is -2.44. The van der Waals surface area contributed by atoms with Gasteiger partial charge in [0, 0.05) is 33.9 Å². The van der Waals surface area contributed by atoms with Gasteiger partial charge in [0.2, 0.25) is 0 Å². The molecule has 1 atom stereocenters. The van der Waals surface area contributed by atoms with Crippen LogP contribution in [0.4, 0.5) is 0 Å². The average molecular weight is 203 g/mol. The summed E-state index contributed by atoms with van der Waals surface area (Å²) in [7, 11) is 5.09. The molecule has 0 bridgehead atoms. The Bertz CT molecular complexity index is 162. The van der Waals surface area contributed by atoms with Crippen LogP contribution in [-0.2, 0) is 9.47 Å². The lowest BCUT2D eigenvalue weighted by molar-refractivity contribution is 0.178. The molecule has 84 valence electrons. The Morgan fingerprint density at radius 1 is 1.36 bits per heavy atom. The lowest BCUT2D eigenvalue weighted by Gasteiger charge is -2.16. The van der Waals surface area contributed by atoms with E-state index in [0.29, 0.717) is 13.2 Å². The van der Waals surface area contributed by atoms with Crippen LogP contribution >= 0.6 is 0 Å². The first-order valence-corrected chi connectivity index (χ1v) is 4.69. The summed E-state index contributed by atoms with van der Waals surface area (Å²) >= 11 is 0. The molecule has 1 unspecified atom stereocenters. The Kier molecular flexibility index (Phi) is 8.27. The molecule has 2 N–H and O–H groups in total. The molecule has 0 saturated heterocycles. The van der Waals surface area contributed by atoms with Gasteiger partial charge in [-0.25, -0.2) is 0 Å². The Balaban J connectivity index is 3.68. The van der Waals surface area contributed by atoms with E-state index in [1.54, 1.807) is 21.3 Å². The van der Waals surface area contributed by atoms with E-state index < -0.39 is 0 Å². The van der Waals surface area contributed by atoms with E-state index in [-0.39, 0.29) is 6.04 Å². The maximum atomic E-state index is 5.00. The Labute approximate surface area is 85.9 Å². The molecule has 0 rings (SSSR count). The molecular weight excluding hydrogens is 182 g/mol. The summed E-state index contributed by atoms with van der Waals surface area (Å²) in [6.07, 6.45) is 0. The molecule has 0 aromatic carbocycles. The maximum Gasteiger partial charge on any atom is 0.191 e. The van der Waals surface area contributed by atoms with Crippen LogP contribution in [0.3, 0.4) is 0 Å². The molecule has 0 spiro atoms. The minimum Gasteiger partial charge on any atom is -0.383 e. The molecule has 5 nitrogen and oxygen atoms in total. The van der Waals surface area contributed by atoms with Gasteiger partial charge in [-0.15, -0.1) is 0 Å². The first-order valence-electron chi connectivity index (χ1n) is 4.69. The fourth-order valence-electron chi connectivity index (χ4n) is 0.991. The van der Waals surface area contributed by atoms with Crippen molar-refractivity contribution in [3.05, 3.63) is 0 Å². The zero-order chi connectivity index (χ0) is 10.8. The van der Waals surface area contributed by atoms with Crippen LogP contribution in [0.1, 0.15) is 6.92 Å². The van der Waals surface area contributed by atoms with Crippen molar-refractivity contribution in [2.75, 3.05) is 41.0 Å². The van der Waals surface area contributed by atoms with Crippen LogP contribution in [0.5, 0.6) is 0 Å². The van der Waals surface area contributed by atoms with E-state index in [0.717, 1.165) is 12.5 Å². The predicted octanol–water partition coefficient (Wildman–Crippen LogP) is -0.167. The fraction of sp³-hybridized carbons (Fsp3) is 0.889. The van der Waals surface area contributed by atoms with Gasteiger partial charge in [-0.05, 0) is 6.92 Å². The predicted molar refractivity (Wildman–Crippen MR) is 57.7 cm³/mol. The zero-order valence-corrected chi connectivity index (χ0v) is 9.46. The van der Waals surface area contributed by atoms with Crippen molar-refractivity contribution in [1.82, 2.24) is 10.6 Å². The van der Waals surface area contributed by atoms with Crippen LogP contribution in [0.15, 0.2) is 4.99 Å². The number of methoxy groups -OCH3 is 2. The van der Waals surface area contributed by atoms with Gasteiger partial charge in [0.05, 0.1) is 13.2 Å². The molecule has 0 aromatic heterocycles. The first kappa shape index (κ1) is 13.2. The van der Waals surface area contributed by atoms with E-state index in [4.69, 9.17) is 9.47 Å². The molecule has 0 heterocycles. The number of aliphatic imine (C=N–C) groups is 1. The molecule has 5 heteroatoms. The highest BCUT2D eigenvalue weighted by molar-refractivity contribution is 5.79. The van der Waals surface area contributed by atoms with Crippen molar-refractivity contribution in [1.29, 1.82) is 0 Å². The SMILES string of the molecule is CN=C(NCCOC)NC(C)COC. The Morgan fingerprint density at radius 2 is 2.07 bits per heavy atom. The first-order chi connectivity index (χ1) is 6.74. The van der Waals surface area contributed by atoms with Crippen molar-refractivity contribution in [2.45, 2.75) is 13.0 Å². The summed E-state index contributed by atoms with van der Waals surface area (Å²) in [5.41, 5.74) is 0. The molecule has 0 aliphatic heterocycles. The number of guanidine groups is 1. The molecule has 0 aliphatic rings. The molecule has 0 aromatic rings. The second-order valence-corrected chi connectivity index (χ2v) is 2.99. The minimum atomic E-state index is 0.244. The van der Waals surface area contributed by atoms with E-state index in [1.165, 1.54) is 0 Å². The second-order valence-electron chi connectivity index (χ2n) is 2.99. The van der Waals surface area contributed by atoms with Crippen molar-refractivity contribution in [2.24, 2.45) is 4.99 Å². The Hall–Kier alpha value is -0.810. The van der Waals surface area contributed by atoms with Crippen LogP contribution in [-0.4, -0.2) is 53.0 Å². The fourth-order valence-corrected chi connectivity index (χ4v) is 0.991. The number of hydrogen-bond donors (Lipinski definition) is 2. The van der Waals surface area contributed by atoms with E-state index in [9.17, 15) is 0 Å². The summed E-state index contributed by atoms with van der Waals surface area (Å²) in [6.45, 7) is 4.10. The summed E-state index contributed by atoms with van der Waals surface area (Å²) < 4.78 is 9.92. The highest BCUT2D eigenvalue weighted by atomic mass is 16.5. The summed E-state index contributed by atoms with van der Waals surface area (Å²) in [5, 5.41) is 6.30. The number of rotatable bonds is 6. The van der Waals surface area contributed by atoms with Crippen LogP contribution in [0, 0.1) is 0 Å². The highest BCUT2D eigenvalue weighted by Crippen LogP contribution is 1.82. The molecular formula is C9H21N3O2. The third-order valence-electron chi connectivity index (χ3n) is 1.62. The minimum absolute atomic E-state index is 0.244. The van der Waals surface area contributed by atoms with E-state index >= 15 is 0 Å². The van der Waals surface area contributed by atoms with Gasteiger partial charge in [-0.1, -0.05) is 0 Å². The summed E-state index contributed by atoms with van der Waals surface area (Å²) in [5.74, 6) is 0.770. The van der Waals surface area contributed by atoms with Gasteiger partial charge in [-0.2, -0.15) is 0 Å².